The van der Waals surface area contributed by atoms with Crippen LogP contribution in [0.2, 0.25) is 5.02 Å². The van der Waals surface area contributed by atoms with Crippen molar-refractivity contribution in [2.24, 2.45) is 17.8 Å². The molecule has 172 valence electrons. The van der Waals surface area contributed by atoms with Crippen LogP contribution in [0.25, 0.3) is 16.7 Å². The van der Waals surface area contributed by atoms with Crippen molar-refractivity contribution in [3.8, 4) is 11.1 Å². The highest BCUT2D eigenvalue weighted by molar-refractivity contribution is 6.33. The van der Waals surface area contributed by atoms with E-state index < -0.39 is 0 Å². The second kappa shape index (κ2) is 11.0. The Morgan fingerprint density at radius 3 is 2.25 bits per heavy atom. The van der Waals surface area contributed by atoms with Gasteiger partial charge in [0.25, 0.3) is 0 Å². The summed E-state index contributed by atoms with van der Waals surface area (Å²) in [6.07, 6.45) is 17.7. The number of benzene rings is 2. The number of rotatable bonds is 7. The van der Waals surface area contributed by atoms with Gasteiger partial charge >= 0.3 is 0 Å². The van der Waals surface area contributed by atoms with Gasteiger partial charge in [-0.3, -0.25) is 0 Å². The van der Waals surface area contributed by atoms with Crippen LogP contribution in [0.1, 0.15) is 88.7 Å². The Kier molecular flexibility index (Phi) is 8.11. The molecule has 2 aliphatic rings. The molecule has 0 aliphatic heterocycles. The minimum absolute atomic E-state index is 0.220. The van der Waals surface area contributed by atoms with Gasteiger partial charge in [0, 0.05) is 5.56 Å². The standard InChI is InChI=1S/C30H38ClF/c1-3-4-5-6-22-8-10-23(11-9-22)24-12-14-25(15-13-24)26-16-18-27(19-17-26)28-20-7-21(2)30(32)29(28)31/h7,14,16-20,22-24H,3-6,8-13,15H2,1-2H3. The highest BCUT2D eigenvalue weighted by atomic mass is 35.5. The van der Waals surface area contributed by atoms with E-state index in [0.717, 1.165) is 28.9 Å². The van der Waals surface area contributed by atoms with Crippen molar-refractivity contribution in [3.63, 3.8) is 0 Å². The van der Waals surface area contributed by atoms with Gasteiger partial charge < -0.3 is 0 Å². The van der Waals surface area contributed by atoms with Gasteiger partial charge in [0.1, 0.15) is 5.82 Å². The molecule has 2 aromatic rings. The van der Waals surface area contributed by atoms with Crippen molar-refractivity contribution in [3.05, 3.63) is 64.4 Å². The van der Waals surface area contributed by atoms with Crippen molar-refractivity contribution >= 4 is 17.2 Å². The van der Waals surface area contributed by atoms with Crippen molar-refractivity contribution in [1.29, 1.82) is 0 Å². The fraction of sp³-hybridized carbons (Fsp3) is 0.533. The maximum atomic E-state index is 14.2. The smallest absolute Gasteiger partial charge is 0.145 e. The summed E-state index contributed by atoms with van der Waals surface area (Å²) in [6.45, 7) is 4.05. The van der Waals surface area contributed by atoms with E-state index in [2.05, 4.69) is 37.3 Å². The summed E-state index contributed by atoms with van der Waals surface area (Å²) in [7, 11) is 0. The molecule has 0 amide bonds. The molecule has 0 heterocycles. The Balaban J connectivity index is 1.33. The average molecular weight is 453 g/mol. The normalized spacial score (nSPS) is 23.8. The highest BCUT2D eigenvalue weighted by Gasteiger charge is 2.28. The Morgan fingerprint density at radius 1 is 0.875 bits per heavy atom. The summed E-state index contributed by atoms with van der Waals surface area (Å²) in [5.41, 5.74) is 5.10. The van der Waals surface area contributed by atoms with E-state index in [9.17, 15) is 4.39 Å². The summed E-state index contributed by atoms with van der Waals surface area (Å²) in [5, 5.41) is 0.220. The maximum Gasteiger partial charge on any atom is 0.145 e. The van der Waals surface area contributed by atoms with Gasteiger partial charge in [0.15, 0.2) is 0 Å². The van der Waals surface area contributed by atoms with Gasteiger partial charge in [-0.1, -0.05) is 99.5 Å². The van der Waals surface area contributed by atoms with Crippen molar-refractivity contribution in [2.75, 3.05) is 0 Å². The van der Waals surface area contributed by atoms with Gasteiger partial charge in [-0.15, -0.1) is 0 Å². The number of aryl methyl sites for hydroxylation is 1. The summed E-state index contributed by atoms with van der Waals surface area (Å²) in [6, 6.07) is 12.2. The molecule has 1 saturated carbocycles. The van der Waals surface area contributed by atoms with Crippen LogP contribution in [0, 0.1) is 30.5 Å². The lowest BCUT2D eigenvalue weighted by Gasteiger charge is -2.35. The third kappa shape index (κ3) is 5.48. The van der Waals surface area contributed by atoms with Crippen LogP contribution in [-0.4, -0.2) is 0 Å². The summed E-state index contributed by atoms with van der Waals surface area (Å²) in [5.74, 6) is 2.51. The third-order valence-electron chi connectivity index (χ3n) is 8.07. The summed E-state index contributed by atoms with van der Waals surface area (Å²) >= 11 is 6.27. The van der Waals surface area contributed by atoms with E-state index in [1.807, 2.05) is 6.07 Å². The first-order valence-corrected chi connectivity index (χ1v) is 13.2. The quantitative estimate of drug-likeness (QED) is 0.366. The fourth-order valence-corrected chi connectivity index (χ4v) is 6.23. The lowest BCUT2D eigenvalue weighted by atomic mass is 9.70. The molecule has 0 aromatic heterocycles. The number of halogens is 2. The molecule has 0 nitrogen and oxygen atoms in total. The van der Waals surface area contributed by atoms with Crippen LogP contribution in [-0.2, 0) is 0 Å². The molecule has 1 unspecified atom stereocenters. The third-order valence-corrected chi connectivity index (χ3v) is 8.44. The van der Waals surface area contributed by atoms with Crippen LogP contribution >= 0.6 is 11.6 Å². The lowest BCUT2D eigenvalue weighted by Crippen LogP contribution is -2.23. The first-order valence-electron chi connectivity index (χ1n) is 12.8. The highest BCUT2D eigenvalue weighted by Crippen LogP contribution is 2.42. The Morgan fingerprint density at radius 2 is 1.59 bits per heavy atom. The van der Waals surface area contributed by atoms with Gasteiger partial charge in [-0.05, 0) is 79.0 Å². The van der Waals surface area contributed by atoms with E-state index >= 15 is 0 Å². The first kappa shape index (κ1) is 23.6. The zero-order valence-electron chi connectivity index (χ0n) is 19.8. The molecule has 0 N–H and O–H groups in total. The van der Waals surface area contributed by atoms with E-state index in [1.165, 1.54) is 81.8 Å². The predicted molar refractivity (Wildman–Crippen MR) is 136 cm³/mol. The van der Waals surface area contributed by atoms with Gasteiger partial charge in [0.2, 0.25) is 0 Å². The van der Waals surface area contributed by atoms with Crippen LogP contribution in [0.5, 0.6) is 0 Å². The van der Waals surface area contributed by atoms with Gasteiger partial charge in [-0.25, -0.2) is 4.39 Å². The zero-order chi connectivity index (χ0) is 22.5. The summed E-state index contributed by atoms with van der Waals surface area (Å²) < 4.78 is 14.2. The first-order chi connectivity index (χ1) is 15.6. The molecule has 0 radical (unpaired) electrons. The van der Waals surface area contributed by atoms with E-state index in [-0.39, 0.29) is 10.8 Å². The molecule has 0 saturated heterocycles. The van der Waals surface area contributed by atoms with Crippen LogP contribution in [0.4, 0.5) is 4.39 Å². The second-order valence-electron chi connectivity index (χ2n) is 10.2. The molecule has 1 atom stereocenters. The predicted octanol–water partition coefficient (Wildman–Crippen LogP) is 10.0. The summed E-state index contributed by atoms with van der Waals surface area (Å²) in [4.78, 5) is 0. The molecule has 2 aliphatic carbocycles. The minimum atomic E-state index is -0.315. The Labute approximate surface area is 199 Å². The maximum absolute atomic E-state index is 14.2. The number of hydrogen-bond acceptors (Lipinski definition) is 0. The van der Waals surface area contributed by atoms with E-state index in [4.69, 9.17) is 11.6 Å². The minimum Gasteiger partial charge on any atom is -0.205 e. The monoisotopic (exact) mass is 452 g/mol. The van der Waals surface area contributed by atoms with Gasteiger partial charge in [-0.2, -0.15) is 0 Å². The molecule has 0 spiro atoms. The molecular formula is C30H38ClF. The molecule has 32 heavy (non-hydrogen) atoms. The second-order valence-corrected chi connectivity index (χ2v) is 10.6. The molecule has 2 aromatic carbocycles. The SMILES string of the molecule is CCCCCC1CCC(C2CC=C(c3ccc(-c4ccc(C)c(F)c4Cl)cc3)CC2)CC1. The molecule has 1 fully saturated rings. The lowest BCUT2D eigenvalue weighted by molar-refractivity contribution is 0.187. The molecule has 4 rings (SSSR count). The fourth-order valence-electron chi connectivity index (χ4n) is 5.91. The topological polar surface area (TPSA) is 0 Å². The van der Waals surface area contributed by atoms with Crippen molar-refractivity contribution in [2.45, 2.75) is 84.5 Å². The van der Waals surface area contributed by atoms with Crippen LogP contribution in [0.15, 0.2) is 42.5 Å². The molecule has 0 bridgehead atoms. The zero-order valence-corrected chi connectivity index (χ0v) is 20.6. The number of unbranched alkanes of at least 4 members (excludes halogenated alkanes) is 2. The number of hydrogen-bond donors (Lipinski definition) is 0. The van der Waals surface area contributed by atoms with Crippen molar-refractivity contribution in [1.82, 2.24) is 0 Å². The van der Waals surface area contributed by atoms with Crippen LogP contribution < -0.4 is 0 Å². The Hall–Kier alpha value is -1.60. The molecule has 2 heteroatoms. The van der Waals surface area contributed by atoms with Crippen molar-refractivity contribution < 1.29 is 4.39 Å². The van der Waals surface area contributed by atoms with Crippen LogP contribution in [0.3, 0.4) is 0 Å². The largest absolute Gasteiger partial charge is 0.205 e. The van der Waals surface area contributed by atoms with E-state index in [1.54, 1.807) is 13.0 Å². The number of allylic oxidation sites excluding steroid dienone is 2. The average Bonchev–Trinajstić information content (AvgIpc) is 2.84. The molecular weight excluding hydrogens is 415 g/mol. The van der Waals surface area contributed by atoms with E-state index in [0.29, 0.717) is 5.56 Å². The Bertz CT molecular complexity index is 919. The van der Waals surface area contributed by atoms with Gasteiger partial charge in [0.05, 0.1) is 5.02 Å².